The number of nitrogens with zero attached hydrogens (tertiary/aromatic N) is 2. The second kappa shape index (κ2) is 5.27. The maximum absolute atomic E-state index is 12.7. The Bertz CT molecular complexity index is 659. The fraction of sp³-hybridized carbons (Fsp3) is 0.0714. The summed E-state index contributed by atoms with van der Waals surface area (Å²) in [5.74, 6) is -0.947. The maximum atomic E-state index is 12.7. The van der Waals surface area contributed by atoms with Crippen LogP contribution >= 0.6 is 0 Å². The first-order valence-electron chi connectivity index (χ1n) is 5.54. The molecule has 0 atom stereocenters. The average molecular weight is 255 g/mol. The highest BCUT2D eigenvalue weighted by Gasteiger charge is 2.09. The highest BCUT2D eigenvalue weighted by Crippen LogP contribution is 2.17. The van der Waals surface area contributed by atoms with Gasteiger partial charge in [0.1, 0.15) is 11.5 Å². The number of aromatic nitrogens is 1. The van der Waals surface area contributed by atoms with E-state index in [4.69, 9.17) is 5.26 Å². The first kappa shape index (κ1) is 12.7. The van der Waals surface area contributed by atoms with Crippen molar-refractivity contribution in [2.45, 2.75) is 6.92 Å². The first-order valence-corrected chi connectivity index (χ1v) is 5.54. The average Bonchev–Trinajstić information content (AvgIpc) is 2.42. The molecule has 2 rings (SSSR count). The number of hydrogen-bond acceptors (Lipinski definition) is 3. The summed E-state index contributed by atoms with van der Waals surface area (Å²) in [5.41, 5.74) is 1.93. The Kier molecular flexibility index (Phi) is 3.53. The molecule has 1 amide bonds. The van der Waals surface area contributed by atoms with Crippen LogP contribution in [0.3, 0.4) is 0 Å². The number of aryl methyl sites for hydroxylation is 1. The molecule has 0 unspecified atom stereocenters. The van der Waals surface area contributed by atoms with Crippen LogP contribution in [0.15, 0.2) is 36.5 Å². The first-order chi connectivity index (χ1) is 9.10. The molecule has 94 valence electrons. The lowest BCUT2D eigenvalue weighted by Crippen LogP contribution is -2.14. The number of nitrogens with one attached hydrogen (secondary N) is 1. The van der Waals surface area contributed by atoms with Crippen LogP contribution in [0.4, 0.5) is 10.1 Å². The topological polar surface area (TPSA) is 65.8 Å². The molecule has 0 spiro atoms. The van der Waals surface area contributed by atoms with E-state index in [9.17, 15) is 9.18 Å². The molecule has 0 saturated carbocycles. The quantitative estimate of drug-likeness (QED) is 0.897. The Morgan fingerprint density at radius 3 is 2.79 bits per heavy atom. The highest BCUT2D eigenvalue weighted by molar-refractivity contribution is 6.03. The van der Waals surface area contributed by atoms with Gasteiger partial charge in [-0.25, -0.2) is 9.37 Å². The monoisotopic (exact) mass is 255 g/mol. The Labute approximate surface area is 109 Å². The van der Waals surface area contributed by atoms with Crippen LogP contribution < -0.4 is 5.32 Å². The number of pyridine rings is 1. The number of benzene rings is 1. The van der Waals surface area contributed by atoms with E-state index in [-0.39, 0.29) is 5.69 Å². The van der Waals surface area contributed by atoms with E-state index in [0.29, 0.717) is 11.3 Å². The molecule has 0 aliphatic heterocycles. The molecule has 1 aromatic carbocycles. The lowest BCUT2D eigenvalue weighted by molar-refractivity contribution is 0.102. The van der Waals surface area contributed by atoms with Gasteiger partial charge in [0.15, 0.2) is 0 Å². The van der Waals surface area contributed by atoms with Crippen LogP contribution in [-0.2, 0) is 0 Å². The molecule has 1 heterocycles. The van der Waals surface area contributed by atoms with E-state index in [1.807, 2.05) is 13.0 Å². The second-order valence-electron chi connectivity index (χ2n) is 3.96. The zero-order chi connectivity index (χ0) is 13.8. The summed E-state index contributed by atoms with van der Waals surface area (Å²) >= 11 is 0. The number of rotatable bonds is 2. The number of carbonyl (C=O) groups is 1. The Balaban J connectivity index is 2.24. The molecule has 0 fully saturated rings. The minimum absolute atomic E-state index is 0.114. The van der Waals surface area contributed by atoms with Crippen LogP contribution in [0.1, 0.15) is 21.6 Å². The number of anilines is 1. The van der Waals surface area contributed by atoms with Crippen LogP contribution in [0, 0.1) is 24.1 Å². The molecule has 1 aromatic heterocycles. The lowest BCUT2D eigenvalue weighted by atomic mass is 10.1. The molecule has 0 saturated heterocycles. The van der Waals surface area contributed by atoms with Gasteiger partial charge >= 0.3 is 0 Å². The van der Waals surface area contributed by atoms with Gasteiger partial charge in [0.2, 0.25) is 0 Å². The van der Waals surface area contributed by atoms with Crippen molar-refractivity contribution in [1.82, 2.24) is 4.98 Å². The molecule has 0 aliphatic rings. The largest absolute Gasteiger partial charge is 0.320 e. The summed E-state index contributed by atoms with van der Waals surface area (Å²) in [6.45, 7) is 1.81. The van der Waals surface area contributed by atoms with E-state index in [1.54, 1.807) is 18.2 Å². The van der Waals surface area contributed by atoms with Gasteiger partial charge < -0.3 is 5.32 Å². The van der Waals surface area contributed by atoms with Crippen molar-refractivity contribution in [3.8, 4) is 6.07 Å². The standard InChI is InChI=1S/C14H10FN3O/c1-9-2-3-10(7-16)6-13(9)18-14(19)12-5-4-11(15)8-17-12/h2-6,8H,1H3,(H,18,19). The molecule has 0 radical (unpaired) electrons. The molecule has 4 nitrogen and oxygen atoms in total. The fourth-order valence-corrected chi connectivity index (χ4v) is 1.52. The number of hydrogen-bond donors (Lipinski definition) is 1. The fourth-order valence-electron chi connectivity index (χ4n) is 1.52. The predicted octanol–water partition coefficient (Wildman–Crippen LogP) is 2.65. The zero-order valence-corrected chi connectivity index (χ0v) is 10.1. The van der Waals surface area contributed by atoms with E-state index < -0.39 is 11.7 Å². The number of nitriles is 1. The van der Waals surface area contributed by atoms with Gasteiger partial charge in [-0.2, -0.15) is 5.26 Å². The Morgan fingerprint density at radius 2 is 2.16 bits per heavy atom. The van der Waals surface area contributed by atoms with Gasteiger partial charge in [-0.15, -0.1) is 0 Å². The van der Waals surface area contributed by atoms with Crippen molar-refractivity contribution < 1.29 is 9.18 Å². The van der Waals surface area contributed by atoms with E-state index in [1.165, 1.54) is 12.1 Å². The molecular formula is C14H10FN3O. The molecular weight excluding hydrogens is 245 g/mol. The highest BCUT2D eigenvalue weighted by atomic mass is 19.1. The van der Waals surface area contributed by atoms with Crippen molar-refractivity contribution in [2.24, 2.45) is 0 Å². The maximum Gasteiger partial charge on any atom is 0.274 e. The van der Waals surface area contributed by atoms with Gasteiger partial charge in [0, 0.05) is 5.69 Å². The van der Waals surface area contributed by atoms with E-state index >= 15 is 0 Å². The molecule has 0 aliphatic carbocycles. The van der Waals surface area contributed by atoms with Crippen molar-refractivity contribution in [1.29, 1.82) is 5.26 Å². The normalized spacial score (nSPS) is 9.74. The molecule has 2 aromatic rings. The van der Waals surface area contributed by atoms with Crippen LogP contribution in [0.25, 0.3) is 0 Å². The van der Waals surface area contributed by atoms with Gasteiger partial charge in [0.25, 0.3) is 5.91 Å². The molecule has 0 bridgehead atoms. The van der Waals surface area contributed by atoms with Crippen molar-refractivity contribution in [2.75, 3.05) is 5.32 Å². The minimum Gasteiger partial charge on any atom is -0.320 e. The summed E-state index contributed by atoms with van der Waals surface area (Å²) < 4.78 is 12.7. The number of halogens is 1. The van der Waals surface area contributed by atoms with Crippen LogP contribution in [0.5, 0.6) is 0 Å². The third-order valence-electron chi connectivity index (χ3n) is 2.57. The third-order valence-corrected chi connectivity index (χ3v) is 2.57. The van der Waals surface area contributed by atoms with Gasteiger partial charge in [-0.05, 0) is 36.8 Å². The molecule has 19 heavy (non-hydrogen) atoms. The smallest absolute Gasteiger partial charge is 0.274 e. The summed E-state index contributed by atoms with van der Waals surface area (Å²) in [6.07, 6.45) is 0.980. The molecule has 5 heteroatoms. The van der Waals surface area contributed by atoms with Crippen LogP contribution in [0.2, 0.25) is 0 Å². The minimum atomic E-state index is -0.501. The Hall–Kier alpha value is -2.74. The summed E-state index contributed by atoms with van der Waals surface area (Å²) in [6, 6.07) is 9.46. The third kappa shape index (κ3) is 2.93. The number of amides is 1. The number of carbonyl (C=O) groups excluding carboxylic acids is 1. The van der Waals surface area contributed by atoms with Crippen molar-refractivity contribution >= 4 is 11.6 Å². The van der Waals surface area contributed by atoms with Crippen molar-refractivity contribution in [3.05, 3.63) is 59.2 Å². The summed E-state index contributed by atoms with van der Waals surface area (Å²) in [5, 5.41) is 11.5. The van der Waals surface area contributed by atoms with Gasteiger partial charge in [-0.3, -0.25) is 4.79 Å². The summed E-state index contributed by atoms with van der Waals surface area (Å²) in [4.78, 5) is 15.6. The van der Waals surface area contributed by atoms with E-state index in [0.717, 1.165) is 11.8 Å². The lowest BCUT2D eigenvalue weighted by Gasteiger charge is -2.08. The van der Waals surface area contributed by atoms with Crippen LogP contribution in [-0.4, -0.2) is 10.9 Å². The second-order valence-corrected chi connectivity index (χ2v) is 3.96. The SMILES string of the molecule is Cc1ccc(C#N)cc1NC(=O)c1ccc(F)cn1. The van der Waals surface area contributed by atoms with E-state index in [2.05, 4.69) is 10.3 Å². The predicted molar refractivity (Wildman–Crippen MR) is 68.0 cm³/mol. The van der Waals surface area contributed by atoms with Crippen molar-refractivity contribution in [3.63, 3.8) is 0 Å². The Morgan fingerprint density at radius 1 is 1.37 bits per heavy atom. The zero-order valence-electron chi connectivity index (χ0n) is 10.1. The van der Waals surface area contributed by atoms with Gasteiger partial charge in [-0.1, -0.05) is 6.07 Å². The molecule has 1 N–H and O–H groups in total. The van der Waals surface area contributed by atoms with Gasteiger partial charge in [0.05, 0.1) is 17.8 Å². The summed E-state index contributed by atoms with van der Waals surface area (Å²) in [7, 11) is 0.